The first-order chi connectivity index (χ1) is 14.5. The molecule has 2 aromatic rings. The summed E-state index contributed by atoms with van der Waals surface area (Å²) in [5.74, 6) is -0.323. The summed E-state index contributed by atoms with van der Waals surface area (Å²) in [5.41, 5.74) is 1.36. The third-order valence-corrected chi connectivity index (χ3v) is 5.54. The Balaban J connectivity index is 1.55. The molecule has 1 saturated heterocycles. The second kappa shape index (κ2) is 10.5. The molecule has 160 valence electrons. The summed E-state index contributed by atoms with van der Waals surface area (Å²) in [5, 5.41) is 0.542. The van der Waals surface area contributed by atoms with Crippen LogP contribution in [0.1, 0.15) is 29.3 Å². The van der Waals surface area contributed by atoms with E-state index < -0.39 is 0 Å². The lowest BCUT2D eigenvalue weighted by Gasteiger charge is -2.26. The van der Waals surface area contributed by atoms with E-state index in [1.807, 2.05) is 17.9 Å². The summed E-state index contributed by atoms with van der Waals surface area (Å²) in [6.45, 7) is 5.76. The summed E-state index contributed by atoms with van der Waals surface area (Å²) >= 11 is 6.01. The van der Waals surface area contributed by atoms with Gasteiger partial charge in [-0.3, -0.25) is 14.5 Å². The van der Waals surface area contributed by atoms with E-state index in [9.17, 15) is 14.0 Å². The molecule has 7 heteroatoms. The van der Waals surface area contributed by atoms with E-state index in [0.29, 0.717) is 49.9 Å². The molecule has 1 aliphatic rings. The Labute approximate surface area is 182 Å². The molecule has 0 aromatic heterocycles. The maximum absolute atomic E-state index is 13.4. The molecule has 1 aliphatic heterocycles. The molecular formula is C23H27ClFN3O2. The normalized spacial score (nSPS) is 15.0. The SMILES string of the molecule is CCN(Cc1cccc(F)c1)C(=O)CN1CCCN(C(=O)c2cccc(Cl)c2)CC1. The Morgan fingerprint density at radius 1 is 1.07 bits per heavy atom. The molecule has 30 heavy (non-hydrogen) atoms. The van der Waals surface area contributed by atoms with Crippen molar-refractivity contribution in [3.8, 4) is 0 Å². The first kappa shape index (κ1) is 22.2. The molecular weight excluding hydrogens is 405 g/mol. The van der Waals surface area contributed by atoms with Crippen molar-refractivity contribution in [2.24, 2.45) is 0 Å². The molecule has 0 spiro atoms. The van der Waals surface area contributed by atoms with Crippen LogP contribution >= 0.6 is 11.6 Å². The first-order valence-electron chi connectivity index (χ1n) is 10.3. The smallest absolute Gasteiger partial charge is 0.253 e. The van der Waals surface area contributed by atoms with Crippen molar-refractivity contribution in [2.45, 2.75) is 19.9 Å². The van der Waals surface area contributed by atoms with E-state index in [2.05, 4.69) is 4.90 Å². The van der Waals surface area contributed by atoms with Gasteiger partial charge in [0.25, 0.3) is 5.91 Å². The molecule has 0 atom stereocenters. The molecule has 0 radical (unpaired) electrons. The van der Waals surface area contributed by atoms with Crippen molar-refractivity contribution in [3.63, 3.8) is 0 Å². The molecule has 1 fully saturated rings. The van der Waals surface area contributed by atoms with E-state index in [4.69, 9.17) is 11.6 Å². The number of hydrogen-bond acceptors (Lipinski definition) is 3. The van der Waals surface area contributed by atoms with E-state index in [0.717, 1.165) is 18.5 Å². The molecule has 0 bridgehead atoms. The zero-order valence-corrected chi connectivity index (χ0v) is 17.9. The lowest BCUT2D eigenvalue weighted by Crippen LogP contribution is -2.41. The highest BCUT2D eigenvalue weighted by Crippen LogP contribution is 2.15. The molecule has 3 rings (SSSR count). The number of benzene rings is 2. The van der Waals surface area contributed by atoms with Gasteiger partial charge in [0.15, 0.2) is 0 Å². The number of carbonyl (C=O) groups excluding carboxylic acids is 2. The van der Waals surface area contributed by atoms with Gasteiger partial charge in [-0.25, -0.2) is 4.39 Å². The number of rotatable bonds is 6. The van der Waals surface area contributed by atoms with Crippen molar-refractivity contribution in [2.75, 3.05) is 39.3 Å². The van der Waals surface area contributed by atoms with Gasteiger partial charge in [-0.1, -0.05) is 29.8 Å². The van der Waals surface area contributed by atoms with Crippen molar-refractivity contribution < 1.29 is 14.0 Å². The lowest BCUT2D eigenvalue weighted by atomic mass is 10.2. The zero-order valence-electron chi connectivity index (χ0n) is 17.2. The summed E-state index contributed by atoms with van der Waals surface area (Å²) in [4.78, 5) is 31.2. The van der Waals surface area contributed by atoms with Crippen LogP contribution in [0, 0.1) is 5.82 Å². The average molecular weight is 432 g/mol. The van der Waals surface area contributed by atoms with Crippen LogP contribution in [0.15, 0.2) is 48.5 Å². The highest BCUT2D eigenvalue weighted by molar-refractivity contribution is 6.30. The predicted octanol–water partition coefficient (Wildman–Crippen LogP) is 3.68. The minimum Gasteiger partial charge on any atom is -0.338 e. The second-order valence-corrected chi connectivity index (χ2v) is 7.91. The topological polar surface area (TPSA) is 43.9 Å². The Morgan fingerprint density at radius 2 is 1.87 bits per heavy atom. The largest absolute Gasteiger partial charge is 0.338 e. The van der Waals surface area contributed by atoms with E-state index >= 15 is 0 Å². The lowest BCUT2D eigenvalue weighted by molar-refractivity contribution is -0.132. The number of nitrogens with zero attached hydrogens (tertiary/aromatic N) is 3. The maximum Gasteiger partial charge on any atom is 0.253 e. The number of amides is 2. The van der Waals surface area contributed by atoms with Gasteiger partial charge in [-0.15, -0.1) is 0 Å². The fraction of sp³-hybridized carbons (Fsp3) is 0.391. The molecule has 5 nitrogen and oxygen atoms in total. The summed E-state index contributed by atoms with van der Waals surface area (Å²) < 4.78 is 13.4. The Hall–Kier alpha value is -2.44. The number of carbonyl (C=O) groups is 2. The maximum atomic E-state index is 13.4. The van der Waals surface area contributed by atoms with Gasteiger partial charge in [0.1, 0.15) is 5.82 Å². The van der Waals surface area contributed by atoms with Crippen LogP contribution in [0.4, 0.5) is 4.39 Å². The molecule has 0 saturated carbocycles. The standard InChI is InChI=1S/C23H27ClFN3O2/c1-2-27(16-18-6-3-9-21(25)14-18)22(29)17-26-10-5-11-28(13-12-26)23(30)19-7-4-8-20(24)15-19/h3-4,6-9,14-15H,2,5,10-13,16-17H2,1H3. The van der Waals surface area contributed by atoms with Gasteiger partial charge >= 0.3 is 0 Å². The number of likely N-dealkylation sites (N-methyl/N-ethyl adjacent to an activating group) is 1. The van der Waals surface area contributed by atoms with Crippen LogP contribution in [-0.4, -0.2) is 65.8 Å². The van der Waals surface area contributed by atoms with Gasteiger partial charge in [-0.2, -0.15) is 0 Å². The van der Waals surface area contributed by atoms with Gasteiger partial charge in [-0.05, 0) is 49.2 Å². The Bertz CT molecular complexity index is 892. The van der Waals surface area contributed by atoms with E-state index in [-0.39, 0.29) is 17.6 Å². The average Bonchev–Trinajstić information content (AvgIpc) is 2.97. The van der Waals surface area contributed by atoms with Crippen molar-refractivity contribution >= 4 is 23.4 Å². The van der Waals surface area contributed by atoms with Crippen molar-refractivity contribution in [1.82, 2.24) is 14.7 Å². The zero-order chi connectivity index (χ0) is 21.5. The molecule has 0 N–H and O–H groups in total. The highest BCUT2D eigenvalue weighted by Gasteiger charge is 2.23. The highest BCUT2D eigenvalue weighted by atomic mass is 35.5. The first-order valence-corrected chi connectivity index (χ1v) is 10.6. The van der Waals surface area contributed by atoms with Crippen LogP contribution in [0.5, 0.6) is 0 Å². The number of halogens is 2. The fourth-order valence-corrected chi connectivity index (χ4v) is 3.85. The van der Waals surface area contributed by atoms with Crippen molar-refractivity contribution in [3.05, 3.63) is 70.5 Å². The molecule has 2 aromatic carbocycles. The van der Waals surface area contributed by atoms with Gasteiger partial charge < -0.3 is 9.80 Å². The molecule has 0 unspecified atom stereocenters. The summed E-state index contributed by atoms with van der Waals surface area (Å²) in [6.07, 6.45) is 0.801. The number of hydrogen-bond donors (Lipinski definition) is 0. The van der Waals surface area contributed by atoms with E-state index in [1.54, 1.807) is 35.2 Å². The Kier molecular flexibility index (Phi) is 7.82. The molecule has 0 aliphatic carbocycles. The van der Waals surface area contributed by atoms with Gasteiger partial charge in [0.05, 0.1) is 6.54 Å². The second-order valence-electron chi connectivity index (χ2n) is 7.47. The molecule has 1 heterocycles. The van der Waals surface area contributed by atoms with Crippen molar-refractivity contribution in [1.29, 1.82) is 0 Å². The third-order valence-electron chi connectivity index (χ3n) is 5.30. The van der Waals surface area contributed by atoms with Crippen LogP contribution in [-0.2, 0) is 11.3 Å². The van der Waals surface area contributed by atoms with Gasteiger partial charge in [0, 0.05) is 49.9 Å². The minimum absolute atomic E-state index is 0.0105. The molecule has 2 amide bonds. The van der Waals surface area contributed by atoms with Crippen LogP contribution < -0.4 is 0 Å². The minimum atomic E-state index is -0.298. The fourth-order valence-electron chi connectivity index (χ4n) is 3.66. The Morgan fingerprint density at radius 3 is 2.60 bits per heavy atom. The quantitative estimate of drug-likeness (QED) is 0.700. The van der Waals surface area contributed by atoms with Crippen LogP contribution in [0.25, 0.3) is 0 Å². The van der Waals surface area contributed by atoms with Crippen LogP contribution in [0.3, 0.4) is 0 Å². The summed E-state index contributed by atoms with van der Waals surface area (Å²) in [7, 11) is 0. The van der Waals surface area contributed by atoms with E-state index in [1.165, 1.54) is 12.1 Å². The van der Waals surface area contributed by atoms with Crippen LogP contribution in [0.2, 0.25) is 5.02 Å². The predicted molar refractivity (Wildman–Crippen MR) is 116 cm³/mol. The monoisotopic (exact) mass is 431 g/mol. The third kappa shape index (κ3) is 6.03. The van der Waals surface area contributed by atoms with Gasteiger partial charge in [0.2, 0.25) is 5.91 Å². The summed E-state index contributed by atoms with van der Waals surface area (Å²) in [6, 6.07) is 13.3.